The van der Waals surface area contributed by atoms with Crippen molar-refractivity contribution in [2.75, 3.05) is 13.1 Å². The summed E-state index contributed by atoms with van der Waals surface area (Å²) >= 11 is 0. The van der Waals surface area contributed by atoms with E-state index in [9.17, 15) is 0 Å². The average Bonchev–Trinajstić information content (AvgIpc) is 3.18. The minimum Gasteiger partial charge on any atom is -0.339 e. The molecule has 0 aromatic carbocycles. The summed E-state index contributed by atoms with van der Waals surface area (Å²) < 4.78 is 5.38. The van der Waals surface area contributed by atoms with Crippen LogP contribution >= 0.6 is 0 Å². The van der Waals surface area contributed by atoms with E-state index >= 15 is 0 Å². The van der Waals surface area contributed by atoms with Crippen molar-refractivity contribution in [3.8, 4) is 0 Å². The van der Waals surface area contributed by atoms with Gasteiger partial charge in [0.15, 0.2) is 5.82 Å². The van der Waals surface area contributed by atoms with E-state index in [1.807, 2.05) is 0 Å². The Labute approximate surface area is 127 Å². The minimum atomic E-state index is 0.175. The smallest absolute Gasteiger partial charge is 0.229 e. The first-order chi connectivity index (χ1) is 10.0. The van der Waals surface area contributed by atoms with Gasteiger partial charge in [-0.15, -0.1) is 0 Å². The normalized spacial score (nSPS) is 24.4. The van der Waals surface area contributed by atoms with Crippen molar-refractivity contribution in [1.29, 1.82) is 0 Å². The van der Waals surface area contributed by atoms with Crippen molar-refractivity contribution >= 4 is 0 Å². The molecule has 0 radical (unpaired) electrons. The number of nitrogens with zero attached hydrogens (tertiary/aromatic N) is 3. The second-order valence-electron chi connectivity index (χ2n) is 7.57. The van der Waals surface area contributed by atoms with E-state index < -0.39 is 0 Å². The lowest BCUT2D eigenvalue weighted by atomic mass is 10.0. The van der Waals surface area contributed by atoms with Gasteiger partial charge in [-0.3, -0.25) is 4.90 Å². The maximum Gasteiger partial charge on any atom is 0.229 e. The molecular weight excluding hydrogens is 264 g/mol. The van der Waals surface area contributed by atoms with Crippen LogP contribution in [0.25, 0.3) is 0 Å². The van der Waals surface area contributed by atoms with E-state index in [0.717, 1.165) is 31.3 Å². The van der Waals surface area contributed by atoms with Gasteiger partial charge in [-0.2, -0.15) is 4.98 Å². The lowest BCUT2D eigenvalue weighted by Crippen LogP contribution is -2.49. The SMILES string of the molecule is CC(C)(C)NCC1CCCCN1Cc1noc(C2CC2)n1. The van der Waals surface area contributed by atoms with Gasteiger partial charge >= 0.3 is 0 Å². The molecule has 0 bridgehead atoms. The van der Waals surface area contributed by atoms with E-state index in [1.54, 1.807) is 0 Å². The van der Waals surface area contributed by atoms with Gasteiger partial charge in [0.25, 0.3) is 0 Å². The van der Waals surface area contributed by atoms with Crippen LogP contribution in [0.2, 0.25) is 0 Å². The fraction of sp³-hybridized carbons (Fsp3) is 0.875. The van der Waals surface area contributed by atoms with Crippen LogP contribution in [0, 0.1) is 0 Å². The molecule has 1 saturated heterocycles. The molecule has 2 aliphatic rings. The van der Waals surface area contributed by atoms with Crippen LogP contribution < -0.4 is 5.32 Å². The van der Waals surface area contributed by atoms with Crippen LogP contribution in [0.15, 0.2) is 4.52 Å². The van der Waals surface area contributed by atoms with Gasteiger partial charge in [-0.05, 0) is 53.0 Å². The molecule has 5 heteroatoms. The topological polar surface area (TPSA) is 54.2 Å². The van der Waals surface area contributed by atoms with Crippen molar-refractivity contribution in [2.24, 2.45) is 0 Å². The van der Waals surface area contributed by atoms with Crippen molar-refractivity contribution in [3.05, 3.63) is 11.7 Å². The number of hydrogen-bond donors (Lipinski definition) is 1. The second kappa shape index (κ2) is 6.05. The molecule has 2 fully saturated rings. The third-order valence-electron chi connectivity index (χ3n) is 4.37. The van der Waals surface area contributed by atoms with Gasteiger partial charge in [0.1, 0.15) is 0 Å². The molecule has 3 rings (SSSR count). The highest BCUT2D eigenvalue weighted by molar-refractivity contribution is 5.02. The van der Waals surface area contributed by atoms with Crippen LogP contribution in [0.1, 0.15) is 70.5 Å². The number of likely N-dealkylation sites (tertiary alicyclic amines) is 1. The monoisotopic (exact) mass is 292 g/mol. The first kappa shape index (κ1) is 15.0. The summed E-state index contributed by atoms with van der Waals surface area (Å²) in [6.07, 6.45) is 6.29. The first-order valence-electron chi connectivity index (χ1n) is 8.33. The van der Waals surface area contributed by atoms with Crippen LogP contribution in [0.4, 0.5) is 0 Å². The predicted octanol–water partition coefficient (Wildman–Crippen LogP) is 2.69. The van der Waals surface area contributed by atoms with Crippen LogP contribution in [-0.4, -0.2) is 39.7 Å². The molecule has 1 aliphatic heterocycles. The number of hydrogen-bond acceptors (Lipinski definition) is 5. The summed E-state index contributed by atoms with van der Waals surface area (Å²) in [7, 11) is 0. The maximum atomic E-state index is 5.38. The molecule has 0 amide bonds. The van der Waals surface area contributed by atoms with Gasteiger partial charge < -0.3 is 9.84 Å². The Balaban J connectivity index is 1.57. The molecule has 1 atom stereocenters. The van der Waals surface area contributed by atoms with Gasteiger partial charge in [0.05, 0.1) is 6.54 Å². The van der Waals surface area contributed by atoms with E-state index in [2.05, 4.69) is 41.1 Å². The van der Waals surface area contributed by atoms with Crippen molar-refractivity contribution in [1.82, 2.24) is 20.4 Å². The highest BCUT2D eigenvalue weighted by Gasteiger charge is 2.30. The molecule has 1 aliphatic carbocycles. The third kappa shape index (κ3) is 4.27. The molecule has 5 nitrogen and oxygen atoms in total. The lowest BCUT2D eigenvalue weighted by Gasteiger charge is -2.36. The molecule has 118 valence electrons. The van der Waals surface area contributed by atoms with Crippen molar-refractivity contribution in [2.45, 2.75) is 76.9 Å². The van der Waals surface area contributed by atoms with E-state index in [1.165, 1.54) is 32.1 Å². The Morgan fingerprint density at radius 2 is 2.05 bits per heavy atom. The molecule has 1 aromatic heterocycles. The summed E-state index contributed by atoms with van der Waals surface area (Å²) in [5.74, 6) is 2.26. The average molecular weight is 292 g/mol. The Morgan fingerprint density at radius 1 is 1.24 bits per heavy atom. The Morgan fingerprint density at radius 3 is 2.76 bits per heavy atom. The number of nitrogens with one attached hydrogen (secondary N) is 1. The largest absolute Gasteiger partial charge is 0.339 e. The Bertz CT molecular complexity index is 461. The van der Waals surface area contributed by atoms with E-state index in [-0.39, 0.29) is 5.54 Å². The molecule has 1 aromatic rings. The Hall–Kier alpha value is -0.940. The molecular formula is C16H28N4O. The van der Waals surface area contributed by atoms with E-state index in [4.69, 9.17) is 4.52 Å². The van der Waals surface area contributed by atoms with Crippen molar-refractivity contribution in [3.63, 3.8) is 0 Å². The first-order valence-corrected chi connectivity index (χ1v) is 8.33. The predicted molar refractivity (Wildman–Crippen MR) is 82.1 cm³/mol. The molecule has 1 unspecified atom stereocenters. The summed E-state index contributed by atoms with van der Waals surface area (Å²) in [6.45, 7) is 9.68. The zero-order valence-corrected chi connectivity index (χ0v) is 13.6. The van der Waals surface area contributed by atoms with Gasteiger partial charge in [0, 0.05) is 24.0 Å². The molecule has 0 spiro atoms. The van der Waals surface area contributed by atoms with Crippen molar-refractivity contribution < 1.29 is 4.52 Å². The summed E-state index contributed by atoms with van der Waals surface area (Å²) in [4.78, 5) is 7.09. The molecule has 1 saturated carbocycles. The van der Waals surface area contributed by atoms with E-state index in [0.29, 0.717) is 12.0 Å². The second-order valence-corrected chi connectivity index (χ2v) is 7.57. The number of aromatic nitrogens is 2. The Kier molecular flexibility index (Phi) is 4.31. The fourth-order valence-corrected chi connectivity index (χ4v) is 2.93. The van der Waals surface area contributed by atoms with Gasteiger partial charge in [0.2, 0.25) is 5.89 Å². The highest BCUT2D eigenvalue weighted by atomic mass is 16.5. The van der Waals surface area contributed by atoms with Gasteiger partial charge in [-0.25, -0.2) is 0 Å². The zero-order valence-electron chi connectivity index (χ0n) is 13.6. The fourth-order valence-electron chi connectivity index (χ4n) is 2.93. The van der Waals surface area contributed by atoms with Gasteiger partial charge in [-0.1, -0.05) is 11.6 Å². The standard InChI is InChI=1S/C16H28N4O/c1-16(2,3)17-10-13-6-4-5-9-20(13)11-14-18-15(21-19-14)12-7-8-12/h12-13,17H,4-11H2,1-3H3. The molecule has 2 heterocycles. The number of piperidine rings is 1. The quantitative estimate of drug-likeness (QED) is 0.904. The van der Waals surface area contributed by atoms with Crippen LogP contribution in [0.5, 0.6) is 0 Å². The summed E-state index contributed by atoms with van der Waals surface area (Å²) in [6, 6.07) is 0.584. The summed E-state index contributed by atoms with van der Waals surface area (Å²) in [5, 5.41) is 7.80. The lowest BCUT2D eigenvalue weighted by molar-refractivity contribution is 0.126. The van der Waals surface area contributed by atoms with Crippen LogP contribution in [0.3, 0.4) is 0 Å². The minimum absolute atomic E-state index is 0.175. The summed E-state index contributed by atoms with van der Waals surface area (Å²) in [5.41, 5.74) is 0.175. The third-order valence-corrected chi connectivity index (χ3v) is 4.37. The zero-order chi connectivity index (χ0) is 14.9. The maximum absolute atomic E-state index is 5.38. The number of rotatable bonds is 5. The highest BCUT2D eigenvalue weighted by Crippen LogP contribution is 2.38. The van der Waals surface area contributed by atoms with Crippen LogP contribution in [-0.2, 0) is 6.54 Å². The molecule has 1 N–H and O–H groups in total. The molecule has 21 heavy (non-hydrogen) atoms.